The maximum absolute atomic E-state index is 12.7. The number of nitrogens with one attached hydrogen (secondary N) is 1. The molecule has 8 heteroatoms. The Hall–Kier alpha value is -2.98. The summed E-state index contributed by atoms with van der Waals surface area (Å²) in [6, 6.07) is 19.5. The Kier molecular flexibility index (Phi) is 8.79. The summed E-state index contributed by atoms with van der Waals surface area (Å²) in [4.78, 5) is 12.7. The summed E-state index contributed by atoms with van der Waals surface area (Å²) in [5.41, 5.74) is 1.88. The second kappa shape index (κ2) is 11.8. The van der Waals surface area contributed by atoms with E-state index in [1.807, 2.05) is 25.1 Å². The second-order valence-corrected chi connectivity index (χ2v) is 8.53. The highest BCUT2D eigenvalue weighted by molar-refractivity contribution is 9.10. The van der Waals surface area contributed by atoms with E-state index in [9.17, 15) is 10.1 Å². The first-order chi connectivity index (χ1) is 15.9. The van der Waals surface area contributed by atoms with Crippen molar-refractivity contribution in [3.8, 4) is 17.6 Å². The number of rotatable bonds is 8. The monoisotopic (exact) mass is 544 g/mol. The molecule has 33 heavy (non-hydrogen) atoms. The van der Waals surface area contributed by atoms with Gasteiger partial charge in [-0.25, -0.2) is 0 Å². The average Bonchev–Trinajstić information content (AvgIpc) is 2.80. The topological polar surface area (TPSA) is 71.3 Å². The van der Waals surface area contributed by atoms with E-state index < -0.39 is 5.91 Å². The molecule has 0 saturated heterocycles. The third-order valence-electron chi connectivity index (χ3n) is 4.44. The zero-order valence-corrected chi connectivity index (χ0v) is 20.7. The Balaban J connectivity index is 1.79. The van der Waals surface area contributed by atoms with Crippen LogP contribution in [0.3, 0.4) is 0 Å². The minimum Gasteiger partial charge on any atom is -0.494 e. The molecule has 0 atom stereocenters. The van der Waals surface area contributed by atoms with Crippen LogP contribution < -0.4 is 14.8 Å². The number of hydrogen-bond acceptors (Lipinski definition) is 4. The number of halogens is 3. The van der Waals surface area contributed by atoms with Gasteiger partial charge in [-0.3, -0.25) is 4.79 Å². The number of anilines is 1. The maximum atomic E-state index is 12.7. The van der Waals surface area contributed by atoms with Crippen molar-refractivity contribution >= 4 is 56.8 Å². The summed E-state index contributed by atoms with van der Waals surface area (Å²) in [5.74, 6) is 0.674. The smallest absolute Gasteiger partial charge is 0.266 e. The van der Waals surface area contributed by atoms with Crippen LogP contribution in [0.25, 0.3) is 6.08 Å². The van der Waals surface area contributed by atoms with Crippen molar-refractivity contribution in [3.63, 3.8) is 0 Å². The molecule has 1 N–H and O–H groups in total. The van der Waals surface area contributed by atoms with Crippen LogP contribution in [0.2, 0.25) is 10.0 Å². The molecular formula is C25H19BrCl2N2O3. The van der Waals surface area contributed by atoms with E-state index in [-0.39, 0.29) is 12.2 Å². The predicted octanol–water partition coefficient (Wildman–Crippen LogP) is 7.28. The molecule has 0 unspecified atom stereocenters. The lowest BCUT2D eigenvalue weighted by atomic mass is 10.1. The molecule has 0 aliphatic carbocycles. The fraction of sp³-hybridized carbons (Fsp3) is 0.120. The van der Waals surface area contributed by atoms with E-state index in [0.29, 0.717) is 39.4 Å². The zero-order chi connectivity index (χ0) is 23.8. The highest BCUT2D eigenvalue weighted by Gasteiger charge is 2.12. The van der Waals surface area contributed by atoms with Gasteiger partial charge in [-0.1, -0.05) is 45.2 Å². The molecule has 0 saturated carbocycles. The Bertz CT molecular complexity index is 1220. The number of ether oxygens (including phenoxy) is 2. The van der Waals surface area contributed by atoms with Crippen molar-refractivity contribution in [1.29, 1.82) is 5.26 Å². The van der Waals surface area contributed by atoms with E-state index in [1.54, 1.807) is 48.5 Å². The number of nitrogens with zero attached hydrogens (tertiary/aromatic N) is 1. The van der Waals surface area contributed by atoms with E-state index >= 15 is 0 Å². The van der Waals surface area contributed by atoms with Crippen molar-refractivity contribution < 1.29 is 14.3 Å². The number of nitriles is 1. The first kappa shape index (κ1) is 24.7. The molecule has 0 bridgehead atoms. The molecule has 0 spiro atoms. The molecular weight excluding hydrogens is 527 g/mol. The first-order valence-corrected chi connectivity index (χ1v) is 11.5. The Morgan fingerprint density at radius 3 is 2.48 bits per heavy atom. The zero-order valence-electron chi connectivity index (χ0n) is 17.6. The summed E-state index contributed by atoms with van der Waals surface area (Å²) < 4.78 is 12.1. The molecule has 0 aromatic heterocycles. The van der Waals surface area contributed by atoms with Gasteiger partial charge >= 0.3 is 0 Å². The molecule has 0 radical (unpaired) electrons. The molecule has 0 aliphatic rings. The molecule has 5 nitrogen and oxygen atoms in total. The van der Waals surface area contributed by atoms with Gasteiger partial charge in [-0.05, 0) is 73.2 Å². The van der Waals surface area contributed by atoms with Gasteiger partial charge in [0, 0.05) is 15.7 Å². The molecule has 3 aromatic rings. The average molecular weight is 546 g/mol. The van der Waals surface area contributed by atoms with Crippen LogP contribution in [0.1, 0.15) is 18.1 Å². The van der Waals surface area contributed by atoms with Crippen LogP contribution in [0.5, 0.6) is 11.5 Å². The van der Waals surface area contributed by atoms with Crippen molar-refractivity contribution in [3.05, 3.63) is 91.9 Å². The number of benzene rings is 3. The van der Waals surface area contributed by atoms with Crippen LogP contribution in [0.4, 0.5) is 5.69 Å². The lowest BCUT2D eigenvalue weighted by Crippen LogP contribution is -2.13. The highest BCUT2D eigenvalue weighted by atomic mass is 79.9. The van der Waals surface area contributed by atoms with E-state index in [1.165, 1.54) is 6.08 Å². The van der Waals surface area contributed by atoms with Crippen LogP contribution in [0, 0.1) is 11.3 Å². The fourth-order valence-electron chi connectivity index (χ4n) is 2.86. The lowest BCUT2D eigenvalue weighted by molar-refractivity contribution is -0.112. The predicted molar refractivity (Wildman–Crippen MR) is 135 cm³/mol. The quantitative estimate of drug-likeness (QED) is 0.238. The van der Waals surface area contributed by atoms with E-state index in [0.717, 1.165) is 10.0 Å². The van der Waals surface area contributed by atoms with Gasteiger partial charge in [0.1, 0.15) is 29.7 Å². The van der Waals surface area contributed by atoms with E-state index in [4.69, 9.17) is 32.7 Å². The van der Waals surface area contributed by atoms with Crippen LogP contribution in [-0.4, -0.2) is 12.5 Å². The lowest BCUT2D eigenvalue weighted by Gasteiger charge is -2.11. The third-order valence-corrected chi connectivity index (χ3v) is 5.67. The Morgan fingerprint density at radius 1 is 1.06 bits per heavy atom. The van der Waals surface area contributed by atoms with Gasteiger partial charge in [0.05, 0.1) is 16.7 Å². The van der Waals surface area contributed by atoms with Gasteiger partial charge in [0.25, 0.3) is 5.91 Å². The summed E-state index contributed by atoms with van der Waals surface area (Å²) in [5, 5.41) is 13.2. The molecule has 168 valence electrons. The molecule has 1 amide bonds. The van der Waals surface area contributed by atoms with Crippen molar-refractivity contribution in [2.75, 3.05) is 11.9 Å². The number of amides is 1. The second-order valence-electron chi connectivity index (χ2n) is 6.80. The van der Waals surface area contributed by atoms with Gasteiger partial charge in [0.2, 0.25) is 0 Å². The SMILES string of the molecule is CCOc1ccc(NC(=O)/C(C#N)=C/c2cc(Br)ccc2OCc2ccc(Cl)c(Cl)c2)cc1. The molecule has 3 rings (SSSR count). The minimum atomic E-state index is -0.530. The summed E-state index contributed by atoms with van der Waals surface area (Å²) in [6.45, 7) is 2.68. The van der Waals surface area contributed by atoms with Gasteiger partial charge in [-0.15, -0.1) is 0 Å². The van der Waals surface area contributed by atoms with Crippen LogP contribution >= 0.6 is 39.1 Å². The van der Waals surface area contributed by atoms with Gasteiger partial charge in [0.15, 0.2) is 0 Å². The summed E-state index contributed by atoms with van der Waals surface area (Å²) in [7, 11) is 0. The summed E-state index contributed by atoms with van der Waals surface area (Å²) >= 11 is 15.5. The van der Waals surface area contributed by atoms with Crippen molar-refractivity contribution in [2.24, 2.45) is 0 Å². The van der Waals surface area contributed by atoms with Crippen molar-refractivity contribution in [1.82, 2.24) is 0 Å². The summed E-state index contributed by atoms with van der Waals surface area (Å²) in [6.07, 6.45) is 1.48. The van der Waals surface area contributed by atoms with Crippen molar-refractivity contribution in [2.45, 2.75) is 13.5 Å². The molecule has 0 heterocycles. The largest absolute Gasteiger partial charge is 0.494 e. The third kappa shape index (κ3) is 7.00. The van der Waals surface area contributed by atoms with E-state index in [2.05, 4.69) is 21.2 Å². The van der Waals surface area contributed by atoms with Crippen LogP contribution in [0.15, 0.2) is 70.7 Å². The number of carbonyl (C=O) groups is 1. The number of hydrogen-bond donors (Lipinski definition) is 1. The Morgan fingerprint density at radius 2 is 1.82 bits per heavy atom. The first-order valence-electron chi connectivity index (χ1n) is 9.92. The normalized spacial score (nSPS) is 10.9. The maximum Gasteiger partial charge on any atom is 0.266 e. The molecule has 0 aliphatic heterocycles. The molecule has 0 fully saturated rings. The Labute approximate surface area is 210 Å². The van der Waals surface area contributed by atoms with Crippen LogP contribution in [-0.2, 0) is 11.4 Å². The van der Waals surface area contributed by atoms with Gasteiger partial charge in [-0.2, -0.15) is 5.26 Å². The standard InChI is InChI=1S/C25H19BrCl2N2O3/c1-2-32-21-7-5-20(6-8-21)30-25(31)18(14-29)12-17-13-19(26)4-10-24(17)33-15-16-3-9-22(27)23(28)11-16/h3-13H,2,15H2,1H3,(H,30,31)/b18-12+. The molecule has 3 aromatic carbocycles. The fourth-order valence-corrected chi connectivity index (χ4v) is 3.56. The highest BCUT2D eigenvalue weighted by Crippen LogP contribution is 2.28. The van der Waals surface area contributed by atoms with Gasteiger partial charge < -0.3 is 14.8 Å². The number of carbonyl (C=O) groups excluding carboxylic acids is 1. The minimum absolute atomic E-state index is 0.0682.